The molecule has 6 nitrogen and oxygen atoms in total. The zero-order valence-corrected chi connectivity index (χ0v) is 8.77. The molecule has 0 aliphatic carbocycles. The molecular formula is C10H12N4O2. The number of anilines is 1. The van der Waals surface area contributed by atoms with E-state index < -0.39 is 11.7 Å². The van der Waals surface area contributed by atoms with Crippen molar-refractivity contribution >= 4 is 16.9 Å². The molecule has 0 radical (unpaired) electrons. The number of pyridine rings is 1. The number of fused-ring (bicyclic) bond motifs is 1. The molecule has 0 aliphatic rings. The maximum Gasteiger partial charge on any atom is 0.277 e. The van der Waals surface area contributed by atoms with Gasteiger partial charge in [-0.1, -0.05) is 6.92 Å². The van der Waals surface area contributed by atoms with Crippen molar-refractivity contribution in [2.24, 2.45) is 0 Å². The lowest BCUT2D eigenvalue weighted by Crippen LogP contribution is -2.12. The van der Waals surface area contributed by atoms with E-state index in [1.807, 2.05) is 6.92 Å². The highest BCUT2D eigenvalue weighted by Gasteiger charge is 2.10. The van der Waals surface area contributed by atoms with Crippen molar-refractivity contribution in [3.8, 4) is 0 Å². The summed E-state index contributed by atoms with van der Waals surface area (Å²) in [6.45, 7) is 1.82. The quantitative estimate of drug-likeness (QED) is 0.677. The average Bonchev–Trinajstić information content (AvgIpc) is 2.27. The topological polar surface area (TPSA) is 105 Å². The Morgan fingerprint density at radius 3 is 3.06 bits per heavy atom. The molecule has 0 aromatic carbocycles. The zero-order chi connectivity index (χ0) is 11.7. The van der Waals surface area contributed by atoms with E-state index in [1.165, 1.54) is 12.3 Å². The summed E-state index contributed by atoms with van der Waals surface area (Å²) < 4.78 is 0. The molecule has 2 heterocycles. The number of aliphatic hydroxyl groups excluding tert-OH is 1. The Kier molecular flexibility index (Phi) is 2.57. The summed E-state index contributed by atoms with van der Waals surface area (Å²) in [5.41, 5.74) is 6.09. The van der Waals surface area contributed by atoms with Gasteiger partial charge in [-0.05, 0) is 6.42 Å². The van der Waals surface area contributed by atoms with Crippen LogP contribution in [0.5, 0.6) is 0 Å². The predicted octanol–water partition coefficient (Wildman–Crippen LogP) is 0.344. The van der Waals surface area contributed by atoms with Gasteiger partial charge in [-0.25, -0.2) is 4.98 Å². The Morgan fingerprint density at radius 2 is 2.38 bits per heavy atom. The van der Waals surface area contributed by atoms with Gasteiger partial charge < -0.3 is 15.8 Å². The van der Waals surface area contributed by atoms with Gasteiger partial charge in [0.05, 0.1) is 23.5 Å². The van der Waals surface area contributed by atoms with Gasteiger partial charge in [0.2, 0.25) is 0 Å². The molecule has 16 heavy (non-hydrogen) atoms. The number of aromatic amines is 1. The molecule has 84 valence electrons. The lowest BCUT2D eigenvalue weighted by Gasteiger charge is -2.06. The Bertz CT molecular complexity index is 579. The average molecular weight is 220 g/mol. The number of hydrogen-bond acceptors (Lipinski definition) is 5. The van der Waals surface area contributed by atoms with Crippen LogP contribution in [0.3, 0.4) is 0 Å². The summed E-state index contributed by atoms with van der Waals surface area (Å²) in [6.07, 6.45) is 1.27. The first kappa shape index (κ1) is 10.6. The molecule has 0 unspecified atom stereocenters. The highest BCUT2D eigenvalue weighted by Crippen LogP contribution is 2.15. The molecule has 0 aliphatic heterocycles. The van der Waals surface area contributed by atoms with Gasteiger partial charge in [-0.2, -0.15) is 0 Å². The van der Waals surface area contributed by atoms with Crippen LogP contribution >= 0.6 is 0 Å². The van der Waals surface area contributed by atoms with Crippen molar-refractivity contribution in [2.45, 2.75) is 19.4 Å². The summed E-state index contributed by atoms with van der Waals surface area (Å²) in [6, 6.07) is 1.53. The van der Waals surface area contributed by atoms with Gasteiger partial charge in [0.15, 0.2) is 5.52 Å². The Balaban J connectivity index is 2.67. The molecule has 0 saturated carbocycles. The van der Waals surface area contributed by atoms with Crippen LogP contribution < -0.4 is 11.3 Å². The van der Waals surface area contributed by atoms with Crippen LogP contribution in [-0.4, -0.2) is 20.1 Å². The lowest BCUT2D eigenvalue weighted by molar-refractivity contribution is 0.169. The van der Waals surface area contributed by atoms with Gasteiger partial charge in [0.1, 0.15) is 5.82 Å². The number of nitrogen functional groups attached to an aromatic ring is 1. The standard InChI is InChI=1S/C10H12N4O2/c1-2-7(15)6-4-12-5-3-8(11)14-10(16)9(5)13-6/h3-4,7,15H,2H2,1H3,(H3,11,14,16)/t7-/m0/s1. The van der Waals surface area contributed by atoms with E-state index in [4.69, 9.17) is 5.73 Å². The van der Waals surface area contributed by atoms with E-state index in [0.29, 0.717) is 17.6 Å². The number of nitrogens with one attached hydrogen (secondary N) is 1. The first-order chi connectivity index (χ1) is 7.61. The minimum absolute atomic E-state index is 0.194. The zero-order valence-electron chi connectivity index (χ0n) is 8.77. The number of aliphatic hydroxyl groups is 1. The fourth-order valence-electron chi connectivity index (χ4n) is 1.43. The molecular weight excluding hydrogens is 208 g/mol. The van der Waals surface area contributed by atoms with E-state index in [9.17, 15) is 9.90 Å². The molecule has 0 amide bonds. The molecule has 1 atom stereocenters. The van der Waals surface area contributed by atoms with Crippen LogP contribution in [0.1, 0.15) is 25.1 Å². The lowest BCUT2D eigenvalue weighted by atomic mass is 10.2. The van der Waals surface area contributed by atoms with Gasteiger partial charge in [0, 0.05) is 6.07 Å². The van der Waals surface area contributed by atoms with Crippen LogP contribution in [0, 0.1) is 0 Å². The van der Waals surface area contributed by atoms with Crippen molar-refractivity contribution in [3.05, 3.63) is 28.3 Å². The molecule has 2 aromatic heterocycles. The van der Waals surface area contributed by atoms with Crippen molar-refractivity contribution in [3.63, 3.8) is 0 Å². The van der Waals surface area contributed by atoms with Crippen LogP contribution in [0.15, 0.2) is 17.1 Å². The normalized spacial score (nSPS) is 12.9. The van der Waals surface area contributed by atoms with Crippen LogP contribution in [0.4, 0.5) is 5.82 Å². The van der Waals surface area contributed by atoms with Crippen molar-refractivity contribution in [2.75, 3.05) is 5.73 Å². The molecule has 0 saturated heterocycles. The number of aromatic nitrogens is 3. The second-order valence-electron chi connectivity index (χ2n) is 3.51. The maximum absolute atomic E-state index is 11.5. The molecule has 0 fully saturated rings. The molecule has 2 rings (SSSR count). The Morgan fingerprint density at radius 1 is 1.62 bits per heavy atom. The highest BCUT2D eigenvalue weighted by atomic mass is 16.3. The summed E-state index contributed by atoms with van der Waals surface area (Å²) >= 11 is 0. The van der Waals surface area contributed by atoms with Crippen LogP contribution in [0.25, 0.3) is 11.0 Å². The summed E-state index contributed by atoms with van der Waals surface area (Å²) in [7, 11) is 0. The largest absolute Gasteiger partial charge is 0.387 e. The Hall–Kier alpha value is -1.95. The number of rotatable bonds is 2. The highest BCUT2D eigenvalue weighted by molar-refractivity contribution is 5.75. The van der Waals surface area contributed by atoms with E-state index in [1.54, 1.807) is 0 Å². The fraction of sp³-hybridized carbons (Fsp3) is 0.300. The van der Waals surface area contributed by atoms with E-state index in [2.05, 4.69) is 15.0 Å². The minimum atomic E-state index is -0.700. The molecule has 2 aromatic rings. The van der Waals surface area contributed by atoms with Crippen molar-refractivity contribution in [1.82, 2.24) is 15.0 Å². The van der Waals surface area contributed by atoms with Crippen molar-refractivity contribution in [1.29, 1.82) is 0 Å². The fourth-order valence-corrected chi connectivity index (χ4v) is 1.43. The molecule has 0 spiro atoms. The van der Waals surface area contributed by atoms with Gasteiger partial charge in [-0.3, -0.25) is 9.78 Å². The van der Waals surface area contributed by atoms with Gasteiger partial charge in [0.25, 0.3) is 5.56 Å². The number of hydrogen-bond donors (Lipinski definition) is 3. The predicted molar refractivity (Wildman–Crippen MR) is 59.8 cm³/mol. The third-order valence-electron chi connectivity index (χ3n) is 2.31. The number of nitrogens with zero attached hydrogens (tertiary/aromatic N) is 2. The molecule has 6 heteroatoms. The monoisotopic (exact) mass is 220 g/mol. The molecule has 0 bridgehead atoms. The second-order valence-corrected chi connectivity index (χ2v) is 3.51. The SMILES string of the molecule is CC[C@H](O)c1cnc2cc(N)[nH]c(=O)c2n1. The van der Waals surface area contributed by atoms with Crippen molar-refractivity contribution < 1.29 is 5.11 Å². The van der Waals surface area contributed by atoms with E-state index in [-0.39, 0.29) is 11.3 Å². The summed E-state index contributed by atoms with van der Waals surface area (Å²) in [5, 5.41) is 9.59. The Labute approximate surface area is 91.2 Å². The maximum atomic E-state index is 11.5. The summed E-state index contributed by atoms with van der Waals surface area (Å²) in [5.74, 6) is 0.246. The summed E-state index contributed by atoms with van der Waals surface area (Å²) in [4.78, 5) is 22.1. The third-order valence-corrected chi connectivity index (χ3v) is 2.31. The number of H-pyrrole nitrogens is 1. The van der Waals surface area contributed by atoms with Gasteiger partial charge in [-0.15, -0.1) is 0 Å². The third kappa shape index (κ3) is 1.74. The second kappa shape index (κ2) is 3.90. The van der Waals surface area contributed by atoms with E-state index >= 15 is 0 Å². The molecule has 4 N–H and O–H groups in total. The van der Waals surface area contributed by atoms with Gasteiger partial charge >= 0.3 is 0 Å². The van der Waals surface area contributed by atoms with Crippen LogP contribution in [0.2, 0.25) is 0 Å². The first-order valence-electron chi connectivity index (χ1n) is 4.95. The van der Waals surface area contributed by atoms with E-state index in [0.717, 1.165) is 0 Å². The number of nitrogens with two attached hydrogens (primary N) is 1. The van der Waals surface area contributed by atoms with Crippen LogP contribution in [-0.2, 0) is 0 Å². The smallest absolute Gasteiger partial charge is 0.277 e. The minimum Gasteiger partial charge on any atom is -0.387 e. The first-order valence-corrected chi connectivity index (χ1v) is 4.95.